The Kier molecular flexibility index (Phi) is 4.43. The third-order valence-electron chi connectivity index (χ3n) is 4.09. The molecule has 0 bridgehead atoms. The second-order valence-corrected chi connectivity index (χ2v) is 5.36. The summed E-state index contributed by atoms with van der Waals surface area (Å²) in [6.45, 7) is 6.10. The summed E-state index contributed by atoms with van der Waals surface area (Å²) in [5.74, 6) is 2.40. The molecule has 2 aliphatic heterocycles. The highest BCUT2D eigenvalue weighted by Crippen LogP contribution is 2.41. The van der Waals surface area contributed by atoms with Crippen LogP contribution in [0.15, 0.2) is 18.2 Å². The molecule has 1 aromatic carbocycles. The summed E-state index contributed by atoms with van der Waals surface area (Å²) in [6, 6.07) is 6.54. The van der Waals surface area contributed by atoms with Crippen LogP contribution >= 0.6 is 0 Å². The molecule has 20 heavy (non-hydrogen) atoms. The maximum atomic E-state index is 5.88. The van der Waals surface area contributed by atoms with Gasteiger partial charge in [-0.25, -0.2) is 0 Å². The van der Waals surface area contributed by atoms with E-state index in [9.17, 15) is 0 Å². The molecule has 0 aliphatic carbocycles. The number of ether oxygens (including phenoxy) is 3. The van der Waals surface area contributed by atoms with Crippen molar-refractivity contribution in [1.29, 1.82) is 0 Å². The van der Waals surface area contributed by atoms with Crippen LogP contribution in [0.25, 0.3) is 0 Å². The van der Waals surface area contributed by atoms with E-state index in [1.807, 2.05) is 6.07 Å². The fourth-order valence-corrected chi connectivity index (χ4v) is 3.14. The first-order valence-electron chi connectivity index (χ1n) is 7.59. The van der Waals surface area contributed by atoms with Gasteiger partial charge in [-0.1, -0.05) is 19.1 Å². The molecule has 1 N–H and O–H groups in total. The Bertz CT molecular complexity index is 443. The number of fused-ring (bicyclic) bond motifs is 1. The van der Waals surface area contributed by atoms with Gasteiger partial charge in [0.25, 0.3) is 0 Å². The SMILES string of the molecule is CCNC(c1cccc2c1OCCO2)C1CCOCC1. The molecule has 2 aliphatic rings. The number of nitrogens with one attached hydrogen (secondary N) is 1. The van der Waals surface area contributed by atoms with E-state index < -0.39 is 0 Å². The van der Waals surface area contributed by atoms with Crippen LogP contribution in [0, 0.1) is 5.92 Å². The van der Waals surface area contributed by atoms with Crippen molar-refractivity contribution in [2.24, 2.45) is 5.92 Å². The highest BCUT2D eigenvalue weighted by molar-refractivity contribution is 5.49. The first kappa shape index (κ1) is 13.7. The third-order valence-corrected chi connectivity index (χ3v) is 4.09. The van der Waals surface area contributed by atoms with E-state index >= 15 is 0 Å². The van der Waals surface area contributed by atoms with Gasteiger partial charge in [0.1, 0.15) is 13.2 Å². The minimum absolute atomic E-state index is 0.320. The molecule has 0 amide bonds. The summed E-state index contributed by atoms with van der Waals surface area (Å²) in [6.07, 6.45) is 2.20. The normalized spacial score (nSPS) is 20.6. The quantitative estimate of drug-likeness (QED) is 0.918. The average molecular weight is 277 g/mol. The zero-order valence-corrected chi connectivity index (χ0v) is 12.1. The van der Waals surface area contributed by atoms with Crippen molar-refractivity contribution in [1.82, 2.24) is 5.32 Å². The molecule has 4 heteroatoms. The highest BCUT2D eigenvalue weighted by Gasteiger charge is 2.29. The number of rotatable bonds is 4. The topological polar surface area (TPSA) is 39.7 Å². The zero-order valence-electron chi connectivity index (χ0n) is 12.1. The first-order chi connectivity index (χ1) is 9.90. The van der Waals surface area contributed by atoms with E-state index in [1.165, 1.54) is 5.56 Å². The molecule has 3 rings (SSSR count). The van der Waals surface area contributed by atoms with Crippen LogP contribution in [0.4, 0.5) is 0 Å². The van der Waals surface area contributed by atoms with Crippen molar-refractivity contribution in [3.8, 4) is 11.5 Å². The Morgan fingerprint density at radius 3 is 2.75 bits per heavy atom. The lowest BCUT2D eigenvalue weighted by Crippen LogP contribution is -2.33. The molecule has 1 fully saturated rings. The van der Waals surface area contributed by atoms with Gasteiger partial charge in [-0.3, -0.25) is 0 Å². The van der Waals surface area contributed by atoms with E-state index in [2.05, 4.69) is 24.4 Å². The largest absolute Gasteiger partial charge is 0.486 e. The molecule has 2 heterocycles. The van der Waals surface area contributed by atoms with Gasteiger partial charge >= 0.3 is 0 Å². The van der Waals surface area contributed by atoms with Crippen LogP contribution in [0.2, 0.25) is 0 Å². The van der Waals surface area contributed by atoms with Crippen LogP contribution in [0.1, 0.15) is 31.4 Å². The Morgan fingerprint density at radius 2 is 1.95 bits per heavy atom. The van der Waals surface area contributed by atoms with Crippen molar-refractivity contribution in [2.45, 2.75) is 25.8 Å². The van der Waals surface area contributed by atoms with Gasteiger partial charge in [0.15, 0.2) is 11.5 Å². The highest BCUT2D eigenvalue weighted by atomic mass is 16.6. The van der Waals surface area contributed by atoms with Crippen LogP contribution in [0.3, 0.4) is 0 Å². The lowest BCUT2D eigenvalue weighted by molar-refractivity contribution is 0.0530. The minimum Gasteiger partial charge on any atom is -0.486 e. The third kappa shape index (κ3) is 2.76. The molecule has 1 saturated heterocycles. The van der Waals surface area contributed by atoms with Crippen LogP contribution in [-0.4, -0.2) is 33.0 Å². The summed E-state index contributed by atoms with van der Waals surface area (Å²) < 4.78 is 17.1. The second-order valence-electron chi connectivity index (χ2n) is 5.36. The fraction of sp³-hybridized carbons (Fsp3) is 0.625. The Balaban J connectivity index is 1.90. The maximum absolute atomic E-state index is 5.88. The first-order valence-corrected chi connectivity index (χ1v) is 7.59. The van der Waals surface area contributed by atoms with E-state index in [1.54, 1.807) is 0 Å². The van der Waals surface area contributed by atoms with Gasteiger partial charge < -0.3 is 19.5 Å². The molecular weight excluding hydrogens is 254 g/mol. The van der Waals surface area contributed by atoms with Crippen LogP contribution in [-0.2, 0) is 4.74 Å². The van der Waals surface area contributed by atoms with Crippen molar-refractivity contribution >= 4 is 0 Å². The molecular formula is C16H23NO3. The Hall–Kier alpha value is -1.26. The smallest absolute Gasteiger partial charge is 0.166 e. The molecule has 0 aromatic heterocycles. The molecule has 1 atom stereocenters. The van der Waals surface area contributed by atoms with Crippen molar-refractivity contribution in [3.05, 3.63) is 23.8 Å². The summed E-state index contributed by atoms with van der Waals surface area (Å²) >= 11 is 0. The van der Waals surface area contributed by atoms with Crippen molar-refractivity contribution in [3.63, 3.8) is 0 Å². The maximum Gasteiger partial charge on any atom is 0.166 e. The molecule has 0 radical (unpaired) electrons. The standard InChI is InChI=1S/C16H23NO3/c1-2-17-15(12-6-8-18-9-7-12)13-4-3-5-14-16(13)20-11-10-19-14/h3-5,12,15,17H,2,6-11H2,1H3. The van der Waals surface area contributed by atoms with Crippen LogP contribution in [0.5, 0.6) is 11.5 Å². The number of para-hydroxylation sites is 1. The number of hydrogen-bond acceptors (Lipinski definition) is 4. The Labute approximate surface area is 120 Å². The summed E-state index contributed by atoms with van der Waals surface area (Å²) in [5.41, 5.74) is 1.23. The van der Waals surface area contributed by atoms with Crippen molar-refractivity contribution in [2.75, 3.05) is 33.0 Å². The van der Waals surface area contributed by atoms with E-state index in [4.69, 9.17) is 14.2 Å². The molecule has 1 aromatic rings. The fourth-order valence-electron chi connectivity index (χ4n) is 3.14. The summed E-state index contributed by atoms with van der Waals surface area (Å²) in [7, 11) is 0. The second kappa shape index (κ2) is 6.46. The predicted octanol–water partition coefficient (Wildman–Crippen LogP) is 2.54. The van der Waals surface area contributed by atoms with Crippen LogP contribution < -0.4 is 14.8 Å². The molecule has 1 unspecified atom stereocenters. The number of hydrogen-bond donors (Lipinski definition) is 1. The zero-order chi connectivity index (χ0) is 13.8. The van der Waals surface area contributed by atoms with E-state index in [0.29, 0.717) is 25.2 Å². The van der Waals surface area contributed by atoms with Gasteiger partial charge in [-0.05, 0) is 31.4 Å². The molecule has 0 spiro atoms. The summed E-state index contributed by atoms with van der Waals surface area (Å²) in [5, 5.41) is 3.63. The molecule has 110 valence electrons. The van der Waals surface area contributed by atoms with Gasteiger partial charge in [0, 0.05) is 24.8 Å². The lowest BCUT2D eigenvalue weighted by atomic mass is 9.86. The van der Waals surface area contributed by atoms with Gasteiger partial charge in [0.2, 0.25) is 0 Å². The average Bonchev–Trinajstić information content (AvgIpc) is 2.53. The molecule has 4 nitrogen and oxygen atoms in total. The predicted molar refractivity (Wildman–Crippen MR) is 77.4 cm³/mol. The van der Waals surface area contributed by atoms with E-state index in [0.717, 1.165) is 44.1 Å². The monoisotopic (exact) mass is 277 g/mol. The summed E-state index contributed by atoms with van der Waals surface area (Å²) in [4.78, 5) is 0. The number of benzene rings is 1. The van der Waals surface area contributed by atoms with E-state index in [-0.39, 0.29) is 0 Å². The van der Waals surface area contributed by atoms with Gasteiger partial charge in [-0.2, -0.15) is 0 Å². The Morgan fingerprint density at radius 1 is 1.15 bits per heavy atom. The van der Waals surface area contributed by atoms with Gasteiger partial charge in [0.05, 0.1) is 0 Å². The molecule has 0 saturated carbocycles. The van der Waals surface area contributed by atoms with Gasteiger partial charge in [-0.15, -0.1) is 0 Å². The minimum atomic E-state index is 0.320. The lowest BCUT2D eigenvalue weighted by Gasteiger charge is -2.33. The van der Waals surface area contributed by atoms with Crippen molar-refractivity contribution < 1.29 is 14.2 Å².